The summed E-state index contributed by atoms with van der Waals surface area (Å²) in [4.78, 5) is 12.9. The van der Waals surface area contributed by atoms with Crippen LogP contribution in [0.25, 0.3) is 0 Å². The van der Waals surface area contributed by atoms with Gasteiger partial charge in [0.1, 0.15) is 0 Å². The zero-order chi connectivity index (χ0) is 20.5. The molecule has 3 aliphatic rings. The summed E-state index contributed by atoms with van der Waals surface area (Å²) in [5.41, 5.74) is 7.57. The number of anilines is 2. The monoisotopic (exact) mass is 427 g/mol. The maximum atomic E-state index is 12.9. The third kappa shape index (κ3) is 4.03. The predicted octanol–water partition coefficient (Wildman–Crippen LogP) is 3.77. The van der Waals surface area contributed by atoms with Crippen molar-refractivity contribution in [3.8, 4) is 0 Å². The second-order valence-corrected chi connectivity index (χ2v) is 9.28. The maximum Gasteiger partial charge on any atom is 0.330 e. The minimum atomic E-state index is -0.171. The van der Waals surface area contributed by atoms with Crippen molar-refractivity contribution in [2.75, 3.05) is 22.8 Å². The maximum absolute atomic E-state index is 12.9. The number of aromatic nitrogens is 2. The van der Waals surface area contributed by atoms with Gasteiger partial charge in [0.15, 0.2) is 0 Å². The third-order valence-corrected chi connectivity index (χ3v) is 7.19. The van der Waals surface area contributed by atoms with Crippen molar-refractivity contribution >= 4 is 29.5 Å². The number of urea groups is 1. The molecule has 1 aromatic carbocycles. The fraction of sp³-hybridized carbons (Fsp3) is 0.545. The molecule has 2 heterocycles. The normalized spacial score (nSPS) is 19.6. The van der Waals surface area contributed by atoms with Crippen LogP contribution in [0, 0.1) is 0 Å². The van der Waals surface area contributed by atoms with Gasteiger partial charge in [-0.05, 0) is 73.6 Å². The Morgan fingerprint density at radius 2 is 2.00 bits per heavy atom. The van der Waals surface area contributed by atoms with Crippen molar-refractivity contribution < 1.29 is 9.53 Å². The summed E-state index contributed by atoms with van der Waals surface area (Å²) in [5, 5.41) is 7.48. The lowest BCUT2D eigenvalue weighted by Gasteiger charge is -2.24. The highest BCUT2D eigenvalue weighted by Crippen LogP contribution is 2.38. The lowest BCUT2D eigenvalue weighted by Crippen LogP contribution is -2.33. The molecule has 1 fully saturated rings. The first-order chi connectivity index (χ1) is 14.7. The summed E-state index contributed by atoms with van der Waals surface area (Å²) in [6, 6.07) is 2.21. The smallest absolute Gasteiger partial charge is 0.330 e. The highest BCUT2D eigenvalue weighted by molar-refractivity contribution is 7.99. The fourth-order valence-corrected chi connectivity index (χ4v) is 5.59. The van der Waals surface area contributed by atoms with Gasteiger partial charge in [0.05, 0.1) is 36.7 Å². The molecule has 0 bridgehead atoms. The number of hydrogen-bond donors (Lipinski definition) is 2. The molecule has 1 saturated heterocycles. The lowest BCUT2D eigenvalue weighted by molar-refractivity contribution is 0.118. The van der Waals surface area contributed by atoms with E-state index in [4.69, 9.17) is 4.74 Å². The van der Waals surface area contributed by atoms with Crippen molar-refractivity contribution in [2.24, 2.45) is 7.05 Å². The Labute approximate surface area is 181 Å². The first-order valence-corrected chi connectivity index (χ1v) is 11.7. The van der Waals surface area contributed by atoms with Crippen LogP contribution < -0.4 is 14.3 Å². The molecule has 7 nitrogen and oxygen atoms in total. The second kappa shape index (κ2) is 8.51. The van der Waals surface area contributed by atoms with Gasteiger partial charge in [0.25, 0.3) is 0 Å². The molecule has 0 spiro atoms. The highest BCUT2D eigenvalue weighted by atomic mass is 32.2. The molecular formula is C22H29N5O2S. The van der Waals surface area contributed by atoms with Crippen LogP contribution in [0.1, 0.15) is 47.9 Å². The molecule has 30 heavy (non-hydrogen) atoms. The number of amides is 2. The van der Waals surface area contributed by atoms with Crippen molar-refractivity contribution in [2.45, 2.75) is 57.5 Å². The number of ether oxygens (including phenoxy) is 1. The average Bonchev–Trinajstić information content (AvgIpc) is 3.51. The van der Waals surface area contributed by atoms with Crippen molar-refractivity contribution in [1.29, 1.82) is 0 Å². The molecule has 2 aliphatic carbocycles. The number of nitrogens with one attached hydrogen (secondary N) is 2. The van der Waals surface area contributed by atoms with E-state index in [9.17, 15) is 4.79 Å². The van der Waals surface area contributed by atoms with Gasteiger partial charge in [-0.25, -0.2) is 4.79 Å². The van der Waals surface area contributed by atoms with E-state index in [1.807, 2.05) is 19.4 Å². The first kappa shape index (κ1) is 19.8. The Morgan fingerprint density at radius 1 is 1.23 bits per heavy atom. The molecule has 1 aliphatic heterocycles. The summed E-state index contributed by atoms with van der Waals surface area (Å²) in [6.45, 7) is 1.53. The van der Waals surface area contributed by atoms with E-state index in [-0.39, 0.29) is 12.1 Å². The van der Waals surface area contributed by atoms with E-state index in [0.717, 1.165) is 56.5 Å². The zero-order valence-corrected chi connectivity index (χ0v) is 18.3. The van der Waals surface area contributed by atoms with Crippen molar-refractivity contribution in [1.82, 2.24) is 14.5 Å². The summed E-state index contributed by atoms with van der Waals surface area (Å²) >= 11 is 1.31. The van der Waals surface area contributed by atoms with Gasteiger partial charge in [0, 0.05) is 25.5 Å². The molecule has 160 valence electrons. The number of benzene rings is 1. The van der Waals surface area contributed by atoms with E-state index in [2.05, 4.69) is 25.5 Å². The van der Waals surface area contributed by atoms with E-state index in [1.165, 1.54) is 47.2 Å². The number of nitrogens with zero attached hydrogens (tertiary/aromatic N) is 3. The minimum Gasteiger partial charge on any atom is -0.376 e. The molecule has 2 N–H and O–H groups in total. The van der Waals surface area contributed by atoms with Crippen LogP contribution in [0.3, 0.4) is 0 Å². The quantitative estimate of drug-likeness (QED) is 0.687. The zero-order valence-electron chi connectivity index (χ0n) is 17.4. The van der Waals surface area contributed by atoms with Crippen LogP contribution in [0.4, 0.5) is 16.2 Å². The van der Waals surface area contributed by atoms with Crippen molar-refractivity contribution in [3.05, 3.63) is 40.7 Å². The van der Waals surface area contributed by atoms with Gasteiger partial charge in [-0.2, -0.15) is 5.10 Å². The van der Waals surface area contributed by atoms with E-state index in [0.29, 0.717) is 6.54 Å². The minimum absolute atomic E-state index is 0.171. The molecule has 2 aromatic rings. The van der Waals surface area contributed by atoms with Gasteiger partial charge in [-0.3, -0.25) is 13.7 Å². The number of rotatable bonds is 6. The molecule has 1 unspecified atom stereocenters. The molecule has 8 heteroatoms. The predicted molar refractivity (Wildman–Crippen MR) is 120 cm³/mol. The Bertz CT molecular complexity index is 906. The SMILES string of the molecule is Cn1cc(N(CC2CCCO2)SNC(=O)Nc2c3c(cc4c2CCC4)CCC3)cn1. The molecule has 0 radical (unpaired) electrons. The van der Waals surface area contributed by atoms with E-state index < -0.39 is 0 Å². The highest BCUT2D eigenvalue weighted by Gasteiger charge is 2.26. The number of carbonyl (C=O) groups is 1. The van der Waals surface area contributed by atoms with Crippen LogP contribution in [0.5, 0.6) is 0 Å². The summed E-state index contributed by atoms with van der Waals surface area (Å²) < 4.78 is 12.6. The van der Waals surface area contributed by atoms with Crippen LogP contribution in [0.2, 0.25) is 0 Å². The Balaban J connectivity index is 1.28. The van der Waals surface area contributed by atoms with Crippen LogP contribution in [-0.2, 0) is 37.5 Å². The first-order valence-electron chi connectivity index (χ1n) is 11.0. The number of aryl methyl sites for hydroxylation is 3. The third-order valence-electron chi connectivity index (χ3n) is 6.33. The van der Waals surface area contributed by atoms with Crippen LogP contribution in [0.15, 0.2) is 18.5 Å². The molecular weight excluding hydrogens is 398 g/mol. The molecule has 1 atom stereocenters. The van der Waals surface area contributed by atoms with Gasteiger partial charge >= 0.3 is 6.03 Å². The largest absolute Gasteiger partial charge is 0.376 e. The molecule has 1 aromatic heterocycles. The van der Waals surface area contributed by atoms with Crippen LogP contribution >= 0.6 is 12.1 Å². The Hall–Kier alpha value is -2.19. The van der Waals surface area contributed by atoms with Crippen molar-refractivity contribution in [3.63, 3.8) is 0 Å². The molecule has 0 saturated carbocycles. The van der Waals surface area contributed by atoms with E-state index >= 15 is 0 Å². The average molecular weight is 428 g/mol. The second-order valence-electron chi connectivity index (χ2n) is 8.45. The molecule has 2 amide bonds. The molecule has 5 rings (SSSR count). The van der Waals surface area contributed by atoms with Gasteiger partial charge in [-0.15, -0.1) is 0 Å². The topological polar surface area (TPSA) is 71.4 Å². The lowest BCUT2D eigenvalue weighted by atomic mass is 9.99. The number of fused-ring (bicyclic) bond motifs is 2. The van der Waals surface area contributed by atoms with Gasteiger partial charge in [0.2, 0.25) is 0 Å². The van der Waals surface area contributed by atoms with Gasteiger partial charge < -0.3 is 10.1 Å². The van der Waals surface area contributed by atoms with Gasteiger partial charge in [-0.1, -0.05) is 6.07 Å². The summed E-state index contributed by atoms with van der Waals surface area (Å²) in [7, 11) is 1.90. The Kier molecular flexibility index (Phi) is 5.60. The standard InChI is InChI=1S/C22H29N5O2S/c1-26-13-17(12-23-26)27(14-18-7-4-10-29-18)30-25-22(28)24-21-19-8-2-5-15(19)11-16-6-3-9-20(16)21/h11-13,18H,2-10,14H2,1H3,(H2,24,25,28). The fourth-order valence-electron chi connectivity index (χ4n) is 4.91. The number of hydrogen-bond acceptors (Lipinski definition) is 5. The summed E-state index contributed by atoms with van der Waals surface area (Å²) in [6.07, 6.45) is 12.8. The Morgan fingerprint density at radius 3 is 2.63 bits per heavy atom. The number of carbonyl (C=O) groups excluding carboxylic acids is 1. The van der Waals surface area contributed by atoms with Crippen LogP contribution in [-0.4, -0.2) is 35.1 Å². The van der Waals surface area contributed by atoms with E-state index in [1.54, 1.807) is 4.68 Å². The summed E-state index contributed by atoms with van der Waals surface area (Å²) in [5.74, 6) is 0.